The second kappa shape index (κ2) is 5.47. The Labute approximate surface area is 79.8 Å². The van der Waals surface area contributed by atoms with E-state index < -0.39 is 5.60 Å². The van der Waals surface area contributed by atoms with Crippen molar-refractivity contribution in [3.63, 3.8) is 0 Å². The molecular weight excluding hydrogens is 166 g/mol. The van der Waals surface area contributed by atoms with Crippen molar-refractivity contribution in [1.29, 1.82) is 0 Å². The van der Waals surface area contributed by atoms with Crippen LogP contribution in [0, 0.1) is 11.8 Å². The van der Waals surface area contributed by atoms with Crippen LogP contribution in [-0.4, -0.2) is 18.2 Å². The van der Waals surface area contributed by atoms with Gasteiger partial charge in [0, 0.05) is 13.0 Å². The molecule has 3 heteroatoms. The van der Waals surface area contributed by atoms with Gasteiger partial charge in [-0.25, -0.2) is 4.79 Å². The molecule has 0 bridgehead atoms. The summed E-state index contributed by atoms with van der Waals surface area (Å²) >= 11 is 0. The first kappa shape index (κ1) is 11.8. The van der Waals surface area contributed by atoms with E-state index in [0.717, 1.165) is 0 Å². The smallest absolute Gasteiger partial charge is 0.407 e. The van der Waals surface area contributed by atoms with Crippen molar-refractivity contribution in [3.8, 4) is 11.8 Å². The number of nitrogens with one attached hydrogen (secondary N) is 1. The minimum Gasteiger partial charge on any atom is -0.444 e. The molecular formula is C10H17NO2. The number of hydrogen-bond acceptors (Lipinski definition) is 2. The molecule has 0 aliphatic rings. The first-order valence-corrected chi connectivity index (χ1v) is 4.32. The summed E-state index contributed by atoms with van der Waals surface area (Å²) in [4.78, 5) is 11.0. The Morgan fingerprint density at radius 2 is 2.08 bits per heavy atom. The Kier molecular flexibility index (Phi) is 4.98. The van der Waals surface area contributed by atoms with Gasteiger partial charge >= 0.3 is 6.09 Å². The molecule has 0 rings (SSSR count). The topological polar surface area (TPSA) is 38.3 Å². The molecule has 0 fully saturated rings. The average Bonchev–Trinajstić information content (AvgIpc) is 1.94. The van der Waals surface area contributed by atoms with E-state index in [0.29, 0.717) is 13.0 Å². The number of carbonyl (C=O) groups excluding carboxylic acids is 1. The molecule has 0 aromatic carbocycles. The molecule has 0 aliphatic carbocycles. The van der Waals surface area contributed by atoms with Crippen LogP contribution < -0.4 is 5.32 Å². The average molecular weight is 183 g/mol. The fraction of sp³-hybridized carbons (Fsp3) is 0.700. The predicted molar refractivity (Wildman–Crippen MR) is 52.3 cm³/mol. The van der Waals surface area contributed by atoms with Crippen LogP contribution in [0.15, 0.2) is 0 Å². The predicted octanol–water partition coefficient (Wildman–Crippen LogP) is 1.92. The Hall–Kier alpha value is -1.17. The lowest BCUT2D eigenvalue weighted by Crippen LogP contribution is -2.32. The highest BCUT2D eigenvalue weighted by molar-refractivity contribution is 5.67. The Balaban J connectivity index is 3.56. The van der Waals surface area contributed by atoms with Crippen LogP contribution >= 0.6 is 0 Å². The van der Waals surface area contributed by atoms with Crippen molar-refractivity contribution in [3.05, 3.63) is 0 Å². The Morgan fingerprint density at radius 3 is 2.54 bits per heavy atom. The van der Waals surface area contributed by atoms with Crippen molar-refractivity contribution in [2.45, 2.75) is 39.7 Å². The third-order valence-electron chi connectivity index (χ3n) is 1.09. The zero-order valence-electron chi connectivity index (χ0n) is 8.73. The maximum Gasteiger partial charge on any atom is 0.407 e. The van der Waals surface area contributed by atoms with Crippen molar-refractivity contribution >= 4 is 6.09 Å². The van der Waals surface area contributed by atoms with Crippen LogP contribution in [0.3, 0.4) is 0 Å². The van der Waals surface area contributed by atoms with Gasteiger partial charge in [-0.2, -0.15) is 0 Å². The molecule has 0 saturated heterocycles. The SMILES string of the molecule is CC#CCCNC(=O)OC(C)(C)C. The lowest BCUT2D eigenvalue weighted by molar-refractivity contribution is 0.0529. The van der Waals surface area contributed by atoms with Gasteiger partial charge in [-0.3, -0.25) is 0 Å². The first-order chi connectivity index (χ1) is 5.95. The summed E-state index contributed by atoms with van der Waals surface area (Å²) in [6.07, 6.45) is 0.279. The highest BCUT2D eigenvalue weighted by Gasteiger charge is 2.14. The molecule has 13 heavy (non-hydrogen) atoms. The van der Waals surface area contributed by atoms with Crippen LogP contribution in [0.4, 0.5) is 4.79 Å². The normalized spacial score (nSPS) is 9.85. The van der Waals surface area contributed by atoms with E-state index in [1.54, 1.807) is 6.92 Å². The lowest BCUT2D eigenvalue weighted by Gasteiger charge is -2.19. The minimum absolute atomic E-state index is 0.384. The zero-order valence-corrected chi connectivity index (χ0v) is 8.73. The van der Waals surface area contributed by atoms with Gasteiger partial charge < -0.3 is 10.1 Å². The molecule has 0 aliphatic heterocycles. The molecule has 0 radical (unpaired) electrons. The molecule has 0 atom stereocenters. The van der Waals surface area contributed by atoms with E-state index in [1.807, 2.05) is 20.8 Å². The molecule has 1 N–H and O–H groups in total. The van der Waals surface area contributed by atoms with Crippen LogP contribution in [0.5, 0.6) is 0 Å². The highest BCUT2D eigenvalue weighted by Crippen LogP contribution is 2.05. The molecule has 3 nitrogen and oxygen atoms in total. The number of rotatable bonds is 2. The van der Waals surface area contributed by atoms with Crippen LogP contribution in [0.1, 0.15) is 34.1 Å². The second-order valence-corrected chi connectivity index (χ2v) is 3.61. The monoisotopic (exact) mass is 183 g/mol. The summed E-state index contributed by atoms with van der Waals surface area (Å²) in [5.74, 6) is 5.59. The van der Waals surface area contributed by atoms with Crippen LogP contribution in [0.2, 0.25) is 0 Å². The van der Waals surface area contributed by atoms with Crippen LogP contribution in [0.25, 0.3) is 0 Å². The first-order valence-electron chi connectivity index (χ1n) is 4.32. The van der Waals surface area contributed by atoms with Gasteiger partial charge in [-0.05, 0) is 27.7 Å². The fourth-order valence-electron chi connectivity index (χ4n) is 0.666. The maximum absolute atomic E-state index is 11.0. The van der Waals surface area contributed by atoms with E-state index in [1.165, 1.54) is 0 Å². The van der Waals surface area contributed by atoms with E-state index in [9.17, 15) is 4.79 Å². The molecule has 1 amide bonds. The number of alkyl carbamates (subject to hydrolysis) is 1. The van der Waals surface area contributed by atoms with E-state index in [-0.39, 0.29) is 6.09 Å². The molecule has 74 valence electrons. The van der Waals surface area contributed by atoms with Gasteiger partial charge in [0.15, 0.2) is 0 Å². The van der Waals surface area contributed by atoms with E-state index in [2.05, 4.69) is 17.2 Å². The van der Waals surface area contributed by atoms with E-state index >= 15 is 0 Å². The summed E-state index contributed by atoms with van der Waals surface area (Å²) < 4.78 is 5.02. The van der Waals surface area contributed by atoms with Crippen molar-refractivity contribution in [1.82, 2.24) is 5.32 Å². The third-order valence-corrected chi connectivity index (χ3v) is 1.09. The Bertz CT molecular complexity index is 217. The van der Waals surface area contributed by atoms with Crippen LogP contribution in [-0.2, 0) is 4.74 Å². The zero-order chi connectivity index (χ0) is 10.3. The van der Waals surface area contributed by atoms with Crippen molar-refractivity contribution in [2.75, 3.05) is 6.54 Å². The minimum atomic E-state index is -0.430. The van der Waals surface area contributed by atoms with Gasteiger partial charge in [-0.15, -0.1) is 11.8 Å². The van der Waals surface area contributed by atoms with E-state index in [4.69, 9.17) is 4.74 Å². The third kappa shape index (κ3) is 8.74. The number of hydrogen-bond donors (Lipinski definition) is 1. The van der Waals surface area contributed by atoms with Gasteiger partial charge in [-0.1, -0.05) is 0 Å². The Morgan fingerprint density at radius 1 is 1.46 bits per heavy atom. The fourth-order valence-corrected chi connectivity index (χ4v) is 0.666. The second-order valence-electron chi connectivity index (χ2n) is 3.61. The maximum atomic E-state index is 11.0. The number of carbonyl (C=O) groups is 1. The summed E-state index contributed by atoms with van der Waals surface area (Å²) in [7, 11) is 0. The number of amides is 1. The lowest BCUT2D eigenvalue weighted by atomic mass is 10.2. The summed E-state index contributed by atoms with van der Waals surface area (Å²) in [5, 5.41) is 2.61. The molecule has 0 spiro atoms. The molecule has 0 aromatic rings. The molecule has 0 heterocycles. The van der Waals surface area contributed by atoms with Crippen molar-refractivity contribution in [2.24, 2.45) is 0 Å². The quantitative estimate of drug-likeness (QED) is 0.524. The van der Waals surface area contributed by atoms with Gasteiger partial charge in [0.05, 0.1) is 0 Å². The van der Waals surface area contributed by atoms with Gasteiger partial charge in [0.2, 0.25) is 0 Å². The highest BCUT2D eigenvalue weighted by atomic mass is 16.6. The standard InChI is InChI=1S/C10H17NO2/c1-5-6-7-8-11-9(12)13-10(2,3)4/h7-8H2,1-4H3,(H,11,12). The van der Waals surface area contributed by atoms with Gasteiger partial charge in [0.25, 0.3) is 0 Å². The van der Waals surface area contributed by atoms with Crippen molar-refractivity contribution < 1.29 is 9.53 Å². The summed E-state index contributed by atoms with van der Waals surface area (Å²) in [5.41, 5.74) is -0.430. The largest absolute Gasteiger partial charge is 0.444 e. The number of ether oxygens (including phenoxy) is 1. The van der Waals surface area contributed by atoms with Gasteiger partial charge in [0.1, 0.15) is 5.60 Å². The summed E-state index contributed by atoms with van der Waals surface area (Å²) in [6, 6.07) is 0. The molecule has 0 saturated carbocycles. The summed E-state index contributed by atoms with van der Waals surface area (Å²) in [6.45, 7) is 7.80. The molecule has 0 unspecified atom stereocenters. The molecule has 0 aromatic heterocycles.